The second kappa shape index (κ2) is 7.11. The fourth-order valence-corrected chi connectivity index (χ4v) is 2.91. The van der Waals surface area contributed by atoms with Crippen molar-refractivity contribution < 1.29 is 0 Å². The minimum atomic E-state index is -0.274. The topological polar surface area (TPSA) is 39.1 Å². The summed E-state index contributed by atoms with van der Waals surface area (Å²) in [4.78, 5) is 2.46. The number of hydrogen-bond acceptors (Lipinski definition) is 3. The second-order valence-corrected chi connectivity index (χ2v) is 6.14. The summed E-state index contributed by atoms with van der Waals surface area (Å²) in [6.45, 7) is 8.66. The highest BCUT2D eigenvalue weighted by molar-refractivity contribution is 5.10. The van der Waals surface area contributed by atoms with Crippen molar-refractivity contribution in [3.05, 3.63) is 0 Å². The van der Waals surface area contributed by atoms with Gasteiger partial charge in [-0.15, -0.1) is 0 Å². The van der Waals surface area contributed by atoms with E-state index in [9.17, 15) is 5.26 Å². The van der Waals surface area contributed by atoms with Crippen molar-refractivity contribution in [2.45, 2.75) is 64.5 Å². The number of nitriles is 1. The van der Waals surface area contributed by atoms with E-state index in [2.05, 4.69) is 44.1 Å². The van der Waals surface area contributed by atoms with Gasteiger partial charge in [0.1, 0.15) is 5.54 Å². The van der Waals surface area contributed by atoms with Crippen molar-refractivity contribution in [2.75, 3.05) is 20.1 Å². The summed E-state index contributed by atoms with van der Waals surface area (Å²) in [5.41, 5.74) is -0.274. The third-order valence-corrected chi connectivity index (χ3v) is 4.14. The van der Waals surface area contributed by atoms with Crippen LogP contribution in [0, 0.1) is 17.2 Å². The van der Waals surface area contributed by atoms with Crippen LogP contribution in [0.1, 0.15) is 52.9 Å². The lowest BCUT2D eigenvalue weighted by Gasteiger charge is -2.40. The average molecular weight is 251 g/mol. The maximum atomic E-state index is 9.46. The molecular weight excluding hydrogens is 222 g/mol. The smallest absolute Gasteiger partial charge is 0.108 e. The van der Waals surface area contributed by atoms with Gasteiger partial charge in [-0.3, -0.25) is 5.32 Å². The fraction of sp³-hybridized carbons (Fsp3) is 0.933. The molecule has 0 amide bonds. The van der Waals surface area contributed by atoms with Crippen molar-refractivity contribution in [3.8, 4) is 6.07 Å². The van der Waals surface area contributed by atoms with Gasteiger partial charge in [0, 0.05) is 6.04 Å². The maximum Gasteiger partial charge on any atom is 0.108 e. The minimum Gasteiger partial charge on any atom is -0.303 e. The van der Waals surface area contributed by atoms with Crippen LogP contribution in [0.5, 0.6) is 0 Å². The molecule has 0 bridgehead atoms. The Morgan fingerprint density at radius 1 is 1.50 bits per heavy atom. The summed E-state index contributed by atoms with van der Waals surface area (Å²) in [7, 11) is 2.21. The number of rotatable bonds is 6. The van der Waals surface area contributed by atoms with Gasteiger partial charge in [-0.05, 0) is 58.2 Å². The first kappa shape index (κ1) is 15.5. The average Bonchev–Trinajstić information content (AvgIpc) is 2.36. The molecule has 1 rings (SSSR count). The van der Waals surface area contributed by atoms with Crippen LogP contribution >= 0.6 is 0 Å². The lowest BCUT2D eigenvalue weighted by molar-refractivity contribution is 0.140. The Morgan fingerprint density at radius 2 is 2.22 bits per heavy atom. The van der Waals surface area contributed by atoms with E-state index in [0.717, 1.165) is 38.3 Å². The molecule has 0 aliphatic heterocycles. The summed E-state index contributed by atoms with van der Waals surface area (Å²) >= 11 is 0. The van der Waals surface area contributed by atoms with E-state index in [1.807, 2.05) is 0 Å². The lowest BCUT2D eigenvalue weighted by Crippen LogP contribution is -2.52. The summed E-state index contributed by atoms with van der Waals surface area (Å²) in [5.74, 6) is 0.755. The molecule has 0 spiro atoms. The zero-order chi connectivity index (χ0) is 13.6. The zero-order valence-electron chi connectivity index (χ0n) is 12.5. The Kier molecular flexibility index (Phi) is 6.11. The Balaban J connectivity index is 2.54. The quantitative estimate of drug-likeness (QED) is 0.789. The van der Waals surface area contributed by atoms with Gasteiger partial charge in [0.2, 0.25) is 0 Å². The van der Waals surface area contributed by atoms with Gasteiger partial charge in [0.25, 0.3) is 0 Å². The first-order valence-corrected chi connectivity index (χ1v) is 7.39. The third-order valence-electron chi connectivity index (χ3n) is 4.14. The summed E-state index contributed by atoms with van der Waals surface area (Å²) < 4.78 is 0. The Bertz CT molecular complexity index is 278. The van der Waals surface area contributed by atoms with Crippen LogP contribution < -0.4 is 5.32 Å². The Morgan fingerprint density at radius 3 is 2.78 bits per heavy atom. The predicted octanol–water partition coefficient (Wildman–Crippen LogP) is 2.78. The van der Waals surface area contributed by atoms with Gasteiger partial charge in [-0.2, -0.15) is 5.26 Å². The molecule has 1 N–H and O–H groups in total. The van der Waals surface area contributed by atoms with Crippen LogP contribution in [0.2, 0.25) is 0 Å². The van der Waals surface area contributed by atoms with Crippen molar-refractivity contribution in [2.24, 2.45) is 5.92 Å². The highest BCUT2D eigenvalue weighted by Crippen LogP contribution is 2.30. The fourth-order valence-electron chi connectivity index (χ4n) is 2.91. The molecule has 3 heteroatoms. The van der Waals surface area contributed by atoms with Crippen molar-refractivity contribution in [1.29, 1.82) is 5.26 Å². The van der Waals surface area contributed by atoms with E-state index in [0.29, 0.717) is 6.04 Å². The molecule has 1 saturated carbocycles. The maximum absolute atomic E-state index is 9.46. The molecule has 0 aromatic carbocycles. The standard InChI is InChI=1S/C15H29N3/c1-5-17-15(12-16)9-6-7-14(11-15)18(4)10-8-13(2)3/h13-14,17H,5-11H2,1-4H3. The first-order chi connectivity index (χ1) is 8.53. The molecule has 1 fully saturated rings. The molecular formula is C15H29N3. The lowest BCUT2D eigenvalue weighted by atomic mass is 9.79. The second-order valence-electron chi connectivity index (χ2n) is 6.14. The van der Waals surface area contributed by atoms with Crippen molar-refractivity contribution >= 4 is 0 Å². The number of hydrogen-bond donors (Lipinski definition) is 1. The van der Waals surface area contributed by atoms with Crippen LogP contribution in [0.15, 0.2) is 0 Å². The molecule has 2 unspecified atom stereocenters. The van der Waals surface area contributed by atoms with Crippen LogP contribution in [-0.2, 0) is 0 Å². The summed E-state index contributed by atoms with van der Waals surface area (Å²) in [5, 5.41) is 12.9. The van der Waals surface area contributed by atoms with E-state index >= 15 is 0 Å². The van der Waals surface area contributed by atoms with Crippen LogP contribution in [0.25, 0.3) is 0 Å². The molecule has 2 atom stereocenters. The van der Waals surface area contributed by atoms with Crippen molar-refractivity contribution in [3.63, 3.8) is 0 Å². The molecule has 0 saturated heterocycles. The molecule has 0 aromatic rings. The highest BCUT2D eigenvalue weighted by atomic mass is 15.1. The first-order valence-electron chi connectivity index (χ1n) is 7.39. The molecule has 104 valence electrons. The Labute approximate surface area is 113 Å². The number of nitrogens with zero attached hydrogens (tertiary/aromatic N) is 2. The van der Waals surface area contributed by atoms with E-state index < -0.39 is 0 Å². The van der Waals surface area contributed by atoms with Gasteiger partial charge in [-0.1, -0.05) is 20.8 Å². The monoisotopic (exact) mass is 251 g/mol. The van der Waals surface area contributed by atoms with E-state index in [1.54, 1.807) is 0 Å². The van der Waals surface area contributed by atoms with Crippen LogP contribution in [0.4, 0.5) is 0 Å². The summed E-state index contributed by atoms with van der Waals surface area (Å²) in [6.07, 6.45) is 5.63. The molecule has 1 aliphatic carbocycles. The molecule has 1 aliphatic rings. The van der Waals surface area contributed by atoms with Gasteiger partial charge in [0.05, 0.1) is 6.07 Å². The minimum absolute atomic E-state index is 0.274. The SMILES string of the molecule is CCNC1(C#N)CCCC(N(C)CCC(C)C)C1. The van der Waals surface area contributed by atoms with E-state index in [-0.39, 0.29) is 5.54 Å². The molecule has 0 aromatic heterocycles. The van der Waals surface area contributed by atoms with Crippen LogP contribution in [0.3, 0.4) is 0 Å². The zero-order valence-corrected chi connectivity index (χ0v) is 12.5. The molecule has 0 radical (unpaired) electrons. The largest absolute Gasteiger partial charge is 0.303 e. The van der Waals surface area contributed by atoms with Gasteiger partial charge >= 0.3 is 0 Å². The van der Waals surface area contributed by atoms with Gasteiger partial charge in [0.15, 0.2) is 0 Å². The molecule has 3 nitrogen and oxygen atoms in total. The third kappa shape index (κ3) is 4.26. The van der Waals surface area contributed by atoms with Crippen LogP contribution in [-0.4, -0.2) is 36.6 Å². The Hall–Kier alpha value is -0.590. The van der Waals surface area contributed by atoms with E-state index in [4.69, 9.17) is 0 Å². The number of nitrogens with one attached hydrogen (secondary N) is 1. The summed E-state index contributed by atoms with van der Waals surface area (Å²) in [6, 6.07) is 3.10. The van der Waals surface area contributed by atoms with Gasteiger partial charge < -0.3 is 4.90 Å². The highest BCUT2D eigenvalue weighted by Gasteiger charge is 2.37. The van der Waals surface area contributed by atoms with E-state index in [1.165, 1.54) is 12.8 Å². The van der Waals surface area contributed by atoms with Gasteiger partial charge in [-0.25, -0.2) is 0 Å². The molecule has 0 heterocycles. The molecule has 18 heavy (non-hydrogen) atoms. The van der Waals surface area contributed by atoms with Crippen molar-refractivity contribution in [1.82, 2.24) is 10.2 Å². The predicted molar refractivity (Wildman–Crippen MR) is 76.4 cm³/mol. The normalized spacial score (nSPS) is 28.6.